The molecule has 90 valence electrons. The number of hydrogen-bond acceptors (Lipinski definition) is 2. The Hall–Kier alpha value is -1.50. The lowest BCUT2D eigenvalue weighted by Crippen LogP contribution is -1.89. The molecule has 0 spiro atoms. The first-order valence-corrected chi connectivity index (χ1v) is 6.58. The third-order valence-corrected chi connectivity index (χ3v) is 3.31. The molecule has 0 aromatic heterocycles. The van der Waals surface area contributed by atoms with Crippen molar-refractivity contribution in [2.45, 2.75) is 5.88 Å². The van der Waals surface area contributed by atoms with Gasteiger partial charge < -0.3 is 4.74 Å². The summed E-state index contributed by atoms with van der Waals surface area (Å²) >= 11 is 9.18. The van der Waals surface area contributed by atoms with Crippen LogP contribution in [0.3, 0.4) is 0 Å². The van der Waals surface area contributed by atoms with E-state index < -0.39 is 0 Å². The molecule has 0 N–H and O–H groups in total. The average molecular weight is 323 g/mol. The van der Waals surface area contributed by atoms with Gasteiger partial charge in [-0.05, 0) is 45.8 Å². The van der Waals surface area contributed by atoms with Crippen molar-refractivity contribution in [2.75, 3.05) is 0 Å². The van der Waals surface area contributed by atoms with Crippen molar-refractivity contribution in [3.05, 3.63) is 58.1 Å². The zero-order valence-corrected chi connectivity index (χ0v) is 11.7. The Balaban J connectivity index is 2.32. The third-order valence-electron chi connectivity index (χ3n) is 2.38. The summed E-state index contributed by atoms with van der Waals surface area (Å²) in [5, 5.41) is 8.99. The van der Waals surface area contributed by atoms with Crippen LogP contribution in [0.15, 0.2) is 46.9 Å². The van der Waals surface area contributed by atoms with E-state index in [2.05, 4.69) is 22.0 Å². The van der Waals surface area contributed by atoms with Crippen LogP contribution in [0.5, 0.6) is 11.5 Å². The maximum atomic E-state index is 8.99. The summed E-state index contributed by atoms with van der Waals surface area (Å²) in [4.78, 5) is 0. The second-order valence-corrected chi connectivity index (χ2v) is 4.73. The standard InChI is InChI=1S/C14H9BrClNO/c15-12-7-10(8-16)5-6-14(12)18-13-4-2-1-3-11(13)9-17/h1-7H,8H2. The molecule has 2 aromatic rings. The van der Waals surface area contributed by atoms with Gasteiger partial charge in [0.05, 0.1) is 10.0 Å². The van der Waals surface area contributed by atoms with Gasteiger partial charge in [-0.1, -0.05) is 18.2 Å². The molecule has 0 amide bonds. The summed E-state index contributed by atoms with van der Waals surface area (Å²) in [6, 6.07) is 14.8. The van der Waals surface area contributed by atoms with Gasteiger partial charge in [0.2, 0.25) is 0 Å². The topological polar surface area (TPSA) is 33.0 Å². The van der Waals surface area contributed by atoms with Crippen molar-refractivity contribution in [1.29, 1.82) is 5.26 Å². The number of nitrogens with zero attached hydrogens (tertiary/aromatic N) is 1. The van der Waals surface area contributed by atoms with Crippen molar-refractivity contribution in [2.24, 2.45) is 0 Å². The summed E-state index contributed by atoms with van der Waals surface area (Å²) in [6.45, 7) is 0. The highest BCUT2D eigenvalue weighted by atomic mass is 79.9. The fourth-order valence-corrected chi connectivity index (χ4v) is 2.15. The van der Waals surface area contributed by atoms with Crippen molar-refractivity contribution in [3.63, 3.8) is 0 Å². The summed E-state index contributed by atoms with van der Waals surface area (Å²) in [5.74, 6) is 1.65. The predicted molar refractivity (Wildman–Crippen MR) is 74.9 cm³/mol. The maximum Gasteiger partial charge on any atom is 0.145 e. The fraction of sp³-hybridized carbons (Fsp3) is 0.0714. The Morgan fingerprint density at radius 3 is 2.61 bits per heavy atom. The molecule has 0 aliphatic carbocycles. The van der Waals surface area contributed by atoms with Gasteiger partial charge in [-0.2, -0.15) is 5.26 Å². The van der Waals surface area contributed by atoms with Crippen LogP contribution in [0.4, 0.5) is 0 Å². The molecule has 0 heterocycles. The van der Waals surface area contributed by atoms with Crippen molar-refractivity contribution >= 4 is 27.5 Å². The molecule has 2 nitrogen and oxygen atoms in total. The molecular weight excluding hydrogens is 314 g/mol. The van der Waals surface area contributed by atoms with E-state index in [1.165, 1.54) is 0 Å². The Morgan fingerprint density at radius 1 is 1.17 bits per heavy atom. The van der Waals surface area contributed by atoms with Crippen LogP contribution in [0, 0.1) is 11.3 Å². The van der Waals surface area contributed by atoms with Crippen LogP contribution in [0.2, 0.25) is 0 Å². The molecule has 0 saturated heterocycles. The molecule has 0 bridgehead atoms. The van der Waals surface area contributed by atoms with Gasteiger partial charge in [0.1, 0.15) is 17.6 Å². The Bertz CT molecular complexity index is 607. The highest BCUT2D eigenvalue weighted by Gasteiger charge is 2.07. The summed E-state index contributed by atoms with van der Waals surface area (Å²) < 4.78 is 6.53. The molecule has 0 radical (unpaired) electrons. The molecule has 0 aliphatic heterocycles. The third kappa shape index (κ3) is 2.84. The van der Waals surface area contributed by atoms with E-state index in [-0.39, 0.29) is 0 Å². The Morgan fingerprint density at radius 2 is 1.94 bits per heavy atom. The van der Waals surface area contributed by atoms with Crippen LogP contribution in [-0.2, 0) is 5.88 Å². The fourth-order valence-electron chi connectivity index (χ4n) is 1.48. The van der Waals surface area contributed by atoms with E-state index in [0.717, 1.165) is 10.0 Å². The first-order chi connectivity index (χ1) is 8.74. The average Bonchev–Trinajstić information content (AvgIpc) is 2.41. The lowest BCUT2D eigenvalue weighted by atomic mass is 10.2. The maximum absolute atomic E-state index is 8.99. The van der Waals surface area contributed by atoms with Crippen LogP contribution in [0.1, 0.15) is 11.1 Å². The molecule has 0 fully saturated rings. The molecule has 0 atom stereocenters. The van der Waals surface area contributed by atoms with Gasteiger partial charge >= 0.3 is 0 Å². The van der Waals surface area contributed by atoms with E-state index in [1.807, 2.05) is 24.3 Å². The van der Waals surface area contributed by atoms with Crippen LogP contribution in [0.25, 0.3) is 0 Å². The van der Waals surface area contributed by atoms with Crippen molar-refractivity contribution in [1.82, 2.24) is 0 Å². The van der Waals surface area contributed by atoms with Crippen LogP contribution in [-0.4, -0.2) is 0 Å². The van der Waals surface area contributed by atoms with Crippen LogP contribution < -0.4 is 4.74 Å². The van der Waals surface area contributed by atoms with Gasteiger partial charge in [-0.25, -0.2) is 0 Å². The number of nitriles is 1. The summed E-state index contributed by atoms with van der Waals surface area (Å²) in [7, 11) is 0. The van der Waals surface area contributed by atoms with Gasteiger partial charge in [0.15, 0.2) is 0 Å². The second-order valence-electron chi connectivity index (χ2n) is 3.61. The van der Waals surface area contributed by atoms with Gasteiger partial charge in [0.25, 0.3) is 0 Å². The largest absolute Gasteiger partial charge is 0.455 e. The highest BCUT2D eigenvalue weighted by Crippen LogP contribution is 2.32. The van der Waals surface area contributed by atoms with Crippen molar-refractivity contribution in [3.8, 4) is 17.6 Å². The lowest BCUT2D eigenvalue weighted by molar-refractivity contribution is 0.478. The molecule has 2 aromatic carbocycles. The number of ether oxygens (including phenoxy) is 1. The number of benzene rings is 2. The first kappa shape index (κ1) is 12.9. The highest BCUT2D eigenvalue weighted by molar-refractivity contribution is 9.10. The molecule has 0 saturated carbocycles. The van der Waals surface area contributed by atoms with Crippen molar-refractivity contribution < 1.29 is 4.74 Å². The molecule has 4 heteroatoms. The molecule has 0 unspecified atom stereocenters. The molecule has 18 heavy (non-hydrogen) atoms. The van der Waals surface area contributed by atoms with Gasteiger partial charge in [-0.15, -0.1) is 11.6 Å². The Kier molecular flexibility index (Phi) is 4.24. The number of hydrogen-bond donors (Lipinski definition) is 0. The number of halogens is 2. The minimum Gasteiger partial charge on any atom is -0.455 e. The summed E-state index contributed by atoms with van der Waals surface area (Å²) in [6.07, 6.45) is 0. The van der Waals surface area contributed by atoms with Gasteiger partial charge in [0, 0.05) is 5.88 Å². The molecule has 2 rings (SSSR count). The van der Waals surface area contributed by atoms with E-state index >= 15 is 0 Å². The number of rotatable bonds is 3. The van der Waals surface area contributed by atoms with Crippen LogP contribution >= 0.6 is 27.5 Å². The smallest absolute Gasteiger partial charge is 0.145 e. The second kappa shape index (κ2) is 5.90. The number of para-hydroxylation sites is 1. The quantitative estimate of drug-likeness (QED) is 0.757. The normalized spacial score (nSPS) is 9.83. The minimum atomic E-state index is 0.452. The monoisotopic (exact) mass is 321 g/mol. The SMILES string of the molecule is N#Cc1ccccc1Oc1ccc(CCl)cc1Br. The van der Waals surface area contributed by atoms with Gasteiger partial charge in [-0.3, -0.25) is 0 Å². The van der Waals surface area contributed by atoms with E-state index in [9.17, 15) is 0 Å². The lowest BCUT2D eigenvalue weighted by Gasteiger charge is -2.09. The van der Waals surface area contributed by atoms with E-state index in [4.69, 9.17) is 21.6 Å². The first-order valence-electron chi connectivity index (χ1n) is 5.26. The predicted octanol–water partition coefficient (Wildman–Crippen LogP) is 4.85. The Labute approximate surface area is 119 Å². The molecular formula is C14H9BrClNO. The zero-order valence-electron chi connectivity index (χ0n) is 9.36. The molecule has 0 aliphatic rings. The summed E-state index contributed by atoms with van der Waals surface area (Å²) in [5.41, 5.74) is 1.51. The zero-order chi connectivity index (χ0) is 13.0. The van der Waals surface area contributed by atoms with E-state index in [1.54, 1.807) is 18.2 Å². The van der Waals surface area contributed by atoms with E-state index in [0.29, 0.717) is 22.9 Å². The minimum absolute atomic E-state index is 0.452. The number of alkyl halides is 1.